The Bertz CT molecular complexity index is 247. The zero-order chi connectivity index (χ0) is 13.0. The Kier molecular flexibility index (Phi) is 5.42. The van der Waals surface area contributed by atoms with Gasteiger partial charge in [0, 0.05) is 51.9 Å². The van der Waals surface area contributed by atoms with Gasteiger partial charge < -0.3 is 10.1 Å². The number of nitrogens with zero attached hydrogens (tertiary/aromatic N) is 2. The van der Waals surface area contributed by atoms with Crippen molar-refractivity contribution in [3.63, 3.8) is 0 Å². The first kappa shape index (κ1) is 14.3. The Hall–Kier alpha value is -0.160. The van der Waals surface area contributed by atoms with Gasteiger partial charge in [-0.1, -0.05) is 13.8 Å². The third-order valence-corrected chi connectivity index (χ3v) is 3.76. The monoisotopic (exact) mass is 255 g/mol. The van der Waals surface area contributed by atoms with E-state index in [4.69, 9.17) is 4.74 Å². The number of nitrogens with one attached hydrogen (secondary N) is 1. The van der Waals surface area contributed by atoms with E-state index < -0.39 is 0 Å². The zero-order valence-electron chi connectivity index (χ0n) is 12.2. The highest BCUT2D eigenvalue weighted by Crippen LogP contribution is 2.10. The van der Waals surface area contributed by atoms with Crippen LogP contribution in [0.1, 0.15) is 20.8 Å². The van der Waals surface area contributed by atoms with Crippen LogP contribution in [0, 0.1) is 5.92 Å². The fraction of sp³-hybridized carbons (Fsp3) is 1.00. The summed E-state index contributed by atoms with van der Waals surface area (Å²) < 4.78 is 5.92. The lowest BCUT2D eigenvalue weighted by atomic mass is 10.1. The molecule has 0 saturated carbocycles. The van der Waals surface area contributed by atoms with Crippen molar-refractivity contribution in [1.29, 1.82) is 0 Å². The Balaban J connectivity index is 1.74. The van der Waals surface area contributed by atoms with Crippen molar-refractivity contribution < 1.29 is 4.74 Å². The summed E-state index contributed by atoms with van der Waals surface area (Å²) in [7, 11) is 0. The van der Waals surface area contributed by atoms with E-state index in [1.165, 1.54) is 6.54 Å². The Labute approximate surface area is 112 Å². The third kappa shape index (κ3) is 4.50. The Morgan fingerprint density at radius 1 is 1.22 bits per heavy atom. The molecule has 0 amide bonds. The summed E-state index contributed by atoms with van der Waals surface area (Å²) in [6.45, 7) is 15.7. The largest absolute Gasteiger partial charge is 0.374 e. The molecule has 0 bridgehead atoms. The highest BCUT2D eigenvalue weighted by Gasteiger charge is 2.24. The van der Waals surface area contributed by atoms with Crippen LogP contribution in [0.3, 0.4) is 0 Å². The summed E-state index contributed by atoms with van der Waals surface area (Å²) >= 11 is 0. The molecule has 2 heterocycles. The number of ether oxygens (including phenoxy) is 1. The average molecular weight is 255 g/mol. The molecule has 2 aliphatic heterocycles. The van der Waals surface area contributed by atoms with Crippen LogP contribution in [-0.2, 0) is 4.74 Å². The van der Waals surface area contributed by atoms with E-state index in [2.05, 4.69) is 35.9 Å². The van der Waals surface area contributed by atoms with Gasteiger partial charge in [-0.25, -0.2) is 0 Å². The van der Waals surface area contributed by atoms with Crippen molar-refractivity contribution >= 4 is 0 Å². The summed E-state index contributed by atoms with van der Waals surface area (Å²) in [6, 6.07) is 0.620. The second-order valence-electron chi connectivity index (χ2n) is 6.26. The summed E-state index contributed by atoms with van der Waals surface area (Å²) in [5.41, 5.74) is 0. The Morgan fingerprint density at radius 2 is 2.06 bits per heavy atom. The molecule has 4 nitrogen and oxygen atoms in total. The van der Waals surface area contributed by atoms with Gasteiger partial charge >= 0.3 is 0 Å². The zero-order valence-corrected chi connectivity index (χ0v) is 12.2. The molecule has 2 saturated heterocycles. The molecule has 0 aromatic carbocycles. The second kappa shape index (κ2) is 6.85. The van der Waals surface area contributed by atoms with Crippen LogP contribution in [0.5, 0.6) is 0 Å². The second-order valence-corrected chi connectivity index (χ2v) is 6.26. The van der Waals surface area contributed by atoms with Crippen molar-refractivity contribution in [2.75, 3.05) is 52.4 Å². The maximum Gasteiger partial charge on any atom is 0.0829 e. The van der Waals surface area contributed by atoms with Crippen LogP contribution >= 0.6 is 0 Å². The number of rotatable bonds is 4. The predicted molar refractivity (Wildman–Crippen MR) is 74.9 cm³/mol. The van der Waals surface area contributed by atoms with Gasteiger partial charge in [-0.2, -0.15) is 0 Å². The lowest BCUT2D eigenvalue weighted by Gasteiger charge is -2.38. The molecule has 0 radical (unpaired) electrons. The van der Waals surface area contributed by atoms with Crippen LogP contribution in [0.2, 0.25) is 0 Å². The number of hydrogen-bond acceptors (Lipinski definition) is 4. The van der Waals surface area contributed by atoms with Gasteiger partial charge in [0.15, 0.2) is 0 Å². The quantitative estimate of drug-likeness (QED) is 0.798. The topological polar surface area (TPSA) is 27.7 Å². The average Bonchev–Trinajstić information content (AvgIpc) is 2.28. The van der Waals surface area contributed by atoms with Gasteiger partial charge in [-0.3, -0.25) is 9.80 Å². The van der Waals surface area contributed by atoms with E-state index in [0.29, 0.717) is 12.1 Å². The molecule has 0 spiro atoms. The molecule has 2 rings (SSSR count). The minimum atomic E-state index is 0.405. The smallest absolute Gasteiger partial charge is 0.0829 e. The lowest BCUT2D eigenvalue weighted by molar-refractivity contribution is -0.0483. The number of piperazine rings is 1. The van der Waals surface area contributed by atoms with Crippen molar-refractivity contribution in [1.82, 2.24) is 15.1 Å². The van der Waals surface area contributed by atoms with Crippen molar-refractivity contribution in [3.8, 4) is 0 Å². The van der Waals surface area contributed by atoms with Gasteiger partial charge in [-0.15, -0.1) is 0 Å². The minimum Gasteiger partial charge on any atom is -0.374 e. The molecule has 2 unspecified atom stereocenters. The molecule has 1 N–H and O–H groups in total. The molecule has 18 heavy (non-hydrogen) atoms. The van der Waals surface area contributed by atoms with Gasteiger partial charge in [0.2, 0.25) is 0 Å². The van der Waals surface area contributed by atoms with Crippen LogP contribution < -0.4 is 5.32 Å². The summed E-state index contributed by atoms with van der Waals surface area (Å²) in [4.78, 5) is 5.11. The SMILES string of the molecule is CC(C)CN1CCOC(CN2CCNC(C)C2)C1. The van der Waals surface area contributed by atoms with E-state index in [1.807, 2.05) is 0 Å². The molecule has 2 atom stereocenters. The molecule has 2 aliphatic rings. The van der Waals surface area contributed by atoms with E-state index >= 15 is 0 Å². The normalized spacial score (nSPS) is 32.0. The highest BCUT2D eigenvalue weighted by atomic mass is 16.5. The first-order valence-corrected chi connectivity index (χ1v) is 7.43. The standard InChI is InChI=1S/C14H29N3O/c1-12(2)8-17-6-7-18-14(11-17)10-16-5-4-15-13(3)9-16/h12-15H,4-11H2,1-3H3. The first-order valence-electron chi connectivity index (χ1n) is 7.43. The number of morpholine rings is 1. The minimum absolute atomic E-state index is 0.405. The number of hydrogen-bond donors (Lipinski definition) is 1. The molecular formula is C14H29N3O. The highest BCUT2D eigenvalue weighted by molar-refractivity contribution is 4.80. The maximum absolute atomic E-state index is 5.92. The fourth-order valence-electron chi connectivity index (χ4n) is 3.04. The van der Waals surface area contributed by atoms with E-state index in [-0.39, 0.29) is 0 Å². The molecule has 4 heteroatoms. The molecule has 0 aromatic rings. The van der Waals surface area contributed by atoms with Gasteiger partial charge in [-0.05, 0) is 12.8 Å². The summed E-state index contributed by atoms with van der Waals surface area (Å²) in [5.74, 6) is 0.753. The fourth-order valence-corrected chi connectivity index (χ4v) is 3.04. The molecular weight excluding hydrogens is 226 g/mol. The maximum atomic E-state index is 5.92. The van der Waals surface area contributed by atoms with Crippen molar-refractivity contribution in [2.45, 2.75) is 32.9 Å². The molecule has 106 valence electrons. The van der Waals surface area contributed by atoms with Gasteiger partial charge in [0.25, 0.3) is 0 Å². The summed E-state index contributed by atoms with van der Waals surface area (Å²) in [5, 5.41) is 3.49. The van der Waals surface area contributed by atoms with E-state index in [0.717, 1.165) is 51.8 Å². The van der Waals surface area contributed by atoms with Crippen molar-refractivity contribution in [3.05, 3.63) is 0 Å². The predicted octanol–water partition coefficient (Wildman–Crippen LogP) is 0.637. The van der Waals surface area contributed by atoms with Gasteiger partial charge in [0.1, 0.15) is 0 Å². The van der Waals surface area contributed by atoms with Crippen molar-refractivity contribution in [2.24, 2.45) is 5.92 Å². The first-order chi connectivity index (χ1) is 8.63. The van der Waals surface area contributed by atoms with Gasteiger partial charge in [0.05, 0.1) is 12.7 Å². The molecule has 0 aliphatic carbocycles. The summed E-state index contributed by atoms with van der Waals surface area (Å²) in [6.07, 6.45) is 0.405. The van der Waals surface area contributed by atoms with Crippen LogP contribution in [-0.4, -0.2) is 74.4 Å². The molecule has 2 fully saturated rings. The third-order valence-electron chi connectivity index (χ3n) is 3.76. The van der Waals surface area contributed by atoms with Crippen LogP contribution in [0.4, 0.5) is 0 Å². The lowest BCUT2D eigenvalue weighted by Crippen LogP contribution is -2.54. The van der Waals surface area contributed by atoms with Crippen LogP contribution in [0.15, 0.2) is 0 Å². The Morgan fingerprint density at radius 3 is 2.78 bits per heavy atom. The molecule has 0 aromatic heterocycles. The van der Waals surface area contributed by atoms with E-state index in [9.17, 15) is 0 Å². The van der Waals surface area contributed by atoms with E-state index in [1.54, 1.807) is 0 Å². The van der Waals surface area contributed by atoms with Crippen LogP contribution in [0.25, 0.3) is 0 Å².